The van der Waals surface area contributed by atoms with E-state index in [0.29, 0.717) is 19.4 Å². The summed E-state index contributed by atoms with van der Waals surface area (Å²) >= 11 is 1.55. The Kier molecular flexibility index (Phi) is 6.51. The van der Waals surface area contributed by atoms with Gasteiger partial charge in [-0.25, -0.2) is 4.98 Å². The molecule has 1 amide bonds. The number of carbonyl (C=O) groups is 1. The van der Waals surface area contributed by atoms with E-state index in [1.165, 1.54) is 0 Å². The van der Waals surface area contributed by atoms with Crippen molar-refractivity contribution in [2.24, 2.45) is 5.41 Å². The van der Waals surface area contributed by atoms with E-state index in [1.54, 1.807) is 16.8 Å². The van der Waals surface area contributed by atoms with Crippen LogP contribution in [0.25, 0.3) is 0 Å². The number of hydrogen-bond donors (Lipinski definition) is 1. The third kappa shape index (κ3) is 4.32. The molecule has 0 saturated carbocycles. The number of thiazole rings is 1. The Morgan fingerprint density at radius 1 is 1.47 bits per heavy atom. The number of hydrogen-bond acceptors (Lipinski definition) is 4. The fourth-order valence-electron chi connectivity index (χ4n) is 2.20. The maximum Gasteiger partial charge on any atom is 0.240 e. The molecular weight excluding hydrogens is 258 g/mol. The van der Waals surface area contributed by atoms with Gasteiger partial charge in [0.05, 0.1) is 17.3 Å². The molecule has 0 spiro atoms. The third-order valence-electron chi connectivity index (χ3n) is 3.15. The minimum absolute atomic E-state index is 0.131. The van der Waals surface area contributed by atoms with Crippen LogP contribution in [0.5, 0.6) is 0 Å². The topological polar surface area (TPSA) is 65.8 Å². The molecule has 0 aromatic carbocycles. The molecule has 0 bridgehead atoms. The predicted octanol–water partition coefficient (Wildman–Crippen LogP) is 2.91. The second-order valence-electron chi connectivity index (χ2n) is 4.68. The number of carbonyl (C=O) groups excluding carboxylic acids is 1. The minimum atomic E-state index is -0.856. The Bertz CT molecular complexity index is 416. The highest BCUT2D eigenvalue weighted by atomic mass is 32.1. The van der Waals surface area contributed by atoms with E-state index in [1.807, 2.05) is 19.2 Å². The maximum absolute atomic E-state index is 12.3. The number of nitrogens with one attached hydrogen (secondary N) is 1. The molecule has 1 aromatic rings. The quantitative estimate of drug-likeness (QED) is 0.795. The zero-order valence-corrected chi connectivity index (χ0v) is 12.4. The summed E-state index contributed by atoms with van der Waals surface area (Å²) in [4.78, 5) is 16.4. The maximum atomic E-state index is 12.3. The normalized spacial score (nSPS) is 11.0. The highest BCUT2D eigenvalue weighted by molar-refractivity contribution is 7.07. The lowest BCUT2D eigenvalue weighted by molar-refractivity contribution is -0.128. The smallest absolute Gasteiger partial charge is 0.240 e. The van der Waals surface area contributed by atoms with E-state index < -0.39 is 5.41 Å². The van der Waals surface area contributed by atoms with Crippen LogP contribution in [-0.4, -0.2) is 17.4 Å². The number of nitrogens with zero attached hydrogens (tertiary/aromatic N) is 2. The van der Waals surface area contributed by atoms with Gasteiger partial charge in [0.25, 0.3) is 0 Å². The summed E-state index contributed by atoms with van der Waals surface area (Å²) in [6, 6.07) is 2.24. The molecule has 0 radical (unpaired) electrons. The summed E-state index contributed by atoms with van der Waals surface area (Å²) in [6.45, 7) is 4.55. The lowest BCUT2D eigenvalue weighted by Crippen LogP contribution is -2.41. The molecule has 0 fully saturated rings. The van der Waals surface area contributed by atoms with Gasteiger partial charge in [-0.2, -0.15) is 5.26 Å². The summed E-state index contributed by atoms with van der Waals surface area (Å²) < 4.78 is 0. The Labute approximate surface area is 118 Å². The lowest BCUT2D eigenvalue weighted by Gasteiger charge is -2.24. The molecule has 5 heteroatoms. The number of aromatic nitrogens is 1. The number of nitriles is 1. The summed E-state index contributed by atoms with van der Waals surface area (Å²) in [5.41, 5.74) is 1.91. The van der Waals surface area contributed by atoms with Gasteiger partial charge in [0.2, 0.25) is 5.91 Å². The van der Waals surface area contributed by atoms with Crippen LogP contribution in [0.3, 0.4) is 0 Å². The first-order valence-corrected chi connectivity index (χ1v) is 7.69. The average Bonchev–Trinajstić information content (AvgIpc) is 2.91. The molecule has 1 N–H and O–H groups in total. The fourth-order valence-corrected chi connectivity index (χ4v) is 2.80. The van der Waals surface area contributed by atoms with E-state index in [4.69, 9.17) is 0 Å². The molecule has 19 heavy (non-hydrogen) atoms. The van der Waals surface area contributed by atoms with E-state index in [0.717, 1.165) is 25.0 Å². The highest BCUT2D eigenvalue weighted by Gasteiger charge is 2.36. The Morgan fingerprint density at radius 2 is 2.16 bits per heavy atom. The molecule has 0 atom stereocenters. The predicted molar refractivity (Wildman–Crippen MR) is 76.7 cm³/mol. The summed E-state index contributed by atoms with van der Waals surface area (Å²) in [5, 5.41) is 14.2. The van der Waals surface area contributed by atoms with Crippen LogP contribution in [0.15, 0.2) is 10.9 Å². The first-order valence-electron chi connectivity index (χ1n) is 6.75. The summed E-state index contributed by atoms with van der Waals surface area (Å²) in [5.74, 6) is -0.131. The zero-order valence-electron chi connectivity index (χ0n) is 11.6. The minimum Gasteiger partial charge on any atom is -0.354 e. The van der Waals surface area contributed by atoms with Crippen molar-refractivity contribution in [2.45, 2.75) is 46.0 Å². The Hall–Kier alpha value is -1.41. The second-order valence-corrected chi connectivity index (χ2v) is 5.40. The third-order valence-corrected chi connectivity index (χ3v) is 3.79. The van der Waals surface area contributed by atoms with E-state index >= 15 is 0 Å². The Morgan fingerprint density at radius 3 is 2.63 bits per heavy atom. The van der Waals surface area contributed by atoms with E-state index in [-0.39, 0.29) is 5.91 Å². The van der Waals surface area contributed by atoms with Gasteiger partial charge in [0, 0.05) is 18.3 Å². The van der Waals surface area contributed by atoms with Crippen molar-refractivity contribution in [1.29, 1.82) is 5.26 Å². The Balaban J connectivity index is 2.54. The van der Waals surface area contributed by atoms with Gasteiger partial charge >= 0.3 is 0 Å². The van der Waals surface area contributed by atoms with Crippen molar-refractivity contribution >= 4 is 17.2 Å². The molecule has 1 heterocycles. The summed E-state index contributed by atoms with van der Waals surface area (Å²) in [7, 11) is 0. The van der Waals surface area contributed by atoms with Gasteiger partial charge in [-0.3, -0.25) is 4.79 Å². The van der Waals surface area contributed by atoms with Crippen molar-refractivity contribution < 1.29 is 4.79 Å². The SMILES string of the molecule is CCCC(C#N)(CCC)C(=O)NCCc1cscn1. The zero-order chi connectivity index (χ0) is 14.1. The highest BCUT2D eigenvalue weighted by Crippen LogP contribution is 2.29. The monoisotopic (exact) mass is 279 g/mol. The van der Waals surface area contributed by atoms with Crippen LogP contribution in [-0.2, 0) is 11.2 Å². The van der Waals surface area contributed by atoms with Crippen molar-refractivity contribution in [3.05, 3.63) is 16.6 Å². The first-order chi connectivity index (χ1) is 9.18. The standard InChI is InChI=1S/C14H21N3OS/c1-3-6-14(10-15,7-4-2)13(18)16-8-5-12-9-19-11-17-12/h9,11H,3-8H2,1-2H3,(H,16,18). The first kappa shape index (κ1) is 15.6. The molecule has 1 aromatic heterocycles. The molecule has 0 unspecified atom stereocenters. The lowest BCUT2D eigenvalue weighted by atomic mass is 9.80. The molecule has 104 valence electrons. The number of amides is 1. The average molecular weight is 279 g/mol. The van der Waals surface area contributed by atoms with Gasteiger partial charge in [-0.05, 0) is 12.8 Å². The largest absolute Gasteiger partial charge is 0.354 e. The second kappa shape index (κ2) is 7.90. The van der Waals surface area contributed by atoms with Gasteiger partial charge in [-0.15, -0.1) is 11.3 Å². The molecule has 0 aliphatic rings. The summed E-state index contributed by atoms with van der Waals surface area (Å²) in [6.07, 6.45) is 3.65. The molecule has 0 aliphatic carbocycles. The van der Waals surface area contributed by atoms with Crippen molar-refractivity contribution in [3.8, 4) is 6.07 Å². The van der Waals surface area contributed by atoms with Gasteiger partial charge in [0.1, 0.15) is 5.41 Å². The van der Waals surface area contributed by atoms with Gasteiger partial charge in [0.15, 0.2) is 0 Å². The molecule has 4 nitrogen and oxygen atoms in total. The van der Waals surface area contributed by atoms with Crippen LogP contribution in [0.2, 0.25) is 0 Å². The van der Waals surface area contributed by atoms with Gasteiger partial charge < -0.3 is 5.32 Å². The van der Waals surface area contributed by atoms with E-state index in [9.17, 15) is 10.1 Å². The van der Waals surface area contributed by atoms with Crippen LogP contribution in [0, 0.1) is 16.7 Å². The van der Waals surface area contributed by atoms with Crippen LogP contribution >= 0.6 is 11.3 Å². The van der Waals surface area contributed by atoms with Crippen molar-refractivity contribution in [1.82, 2.24) is 10.3 Å². The fraction of sp³-hybridized carbons (Fsp3) is 0.643. The number of rotatable bonds is 8. The van der Waals surface area contributed by atoms with E-state index in [2.05, 4.69) is 16.4 Å². The molecular formula is C14H21N3OS. The van der Waals surface area contributed by atoms with Crippen molar-refractivity contribution in [2.75, 3.05) is 6.54 Å². The van der Waals surface area contributed by atoms with Gasteiger partial charge in [-0.1, -0.05) is 26.7 Å². The molecule has 0 saturated heterocycles. The van der Waals surface area contributed by atoms with Crippen molar-refractivity contribution in [3.63, 3.8) is 0 Å². The van der Waals surface area contributed by atoms with Crippen LogP contribution < -0.4 is 5.32 Å². The van der Waals surface area contributed by atoms with Crippen LogP contribution in [0.4, 0.5) is 0 Å². The molecule has 0 aliphatic heterocycles. The van der Waals surface area contributed by atoms with Crippen LogP contribution in [0.1, 0.15) is 45.2 Å². The molecule has 1 rings (SSSR count).